The summed E-state index contributed by atoms with van der Waals surface area (Å²) in [4.78, 5) is 11.4. The highest BCUT2D eigenvalue weighted by atomic mass is 79.9. The molecule has 0 unspecified atom stereocenters. The summed E-state index contributed by atoms with van der Waals surface area (Å²) in [5.41, 5.74) is 0.997. The molecule has 0 saturated carbocycles. The second kappa shape index (κ2) is 5.83. The van der Waals surface area contributed by atoms with Crippen molar-refractivity contribution < 1.29 is 4.79 Å². The standard InChI is InChI=1S/C12H8BrN3O/c1-8(17)11-4-10(13)2-3-12(11)16-7-9(5-14)6-15/h2-4,7,16H,1H3. The van der Waals surface area contributed by atoms with Crippen molar-refractivity contribution in [2.75, 3.05) is 5.32 Å². The van der Waals surface area contributed by atoms with Gasteiger partial charge in [-0.2, -0.15) is 10.5 Å². The zero-order chi connectivity index (χ0) is 12.8. The third-order valence-corrected chi connectivity index (χ3v) is 2.47. The number of benzene rings is 1. The van der Waals surface area contributed by atoms with Crippen LogP contribution in [0.1, 0.15) is 17.3 Å². The van der Waals surface area contributed by atoms with Crippen LogP contribution in [0.25, 0.3) is 0 Å². The van der Waals surface area contributed by atoms with Crippen molar-refractivity contribution in [3.63, 3.8) is 0 Å². The number of nitriles is 2. The first kappa shape index (κ1) is 13.0. The lowest BCUT2D eigenvalue weighted by molar-refractivity contribution is 0.101. The van der Waals surface area contributed by atoms with Crippen LogP contribution in [0.15, 0.2) is 34.4 Å². The molecule has 1 aromatic carbocycles. The molecule has 5 heteroatoms. The van der Waals surface area contributed by atoms with Crippen molar-refractivity contribution in [3.8, 4) is 12.1 Å². The fraction of sp³-hybridized carbons (Fsp3) is 0.0833. The highest BCUT2D eigenvalue weighted by Crippen LogP contribution is 2.21. The maximum absolute atomic E-state index is 11.4. The molecular weight excluding hydrogens is 282 g/mol. The van der Waals surface area contributed by atoms with Crippen LogP contribution in [0.5, 0.6) is 0 Å². The van der Waals surface area contributed by atoms with Gasteiger partial charge in [-0.05, 0) is 25.1 Å². The van der Waals surface area contributed by atoms with Gasteiger partial charge in [0.05, 0.1) is 0 Å². The van der Waals surface area contributed by atoms with Gasteiger partial charge in [-0.25, -0.2) is 0 Å². The number of allylic oxidation sites excluding steroid dienone is 1. The zero-order valence-corrected chi connectivity index (χ0v) is 10.6. The summed E-state index contributed by atoms with van der Waals surface area (Å²) in [6.07, 6.45) is 1.27. The minimum Gasteiger partial charge on any atom is -0.359 e. The Kier molecular flexibility index (Phi) is 4.45. The van der Waals surface area contributed by atoms with E-state index < -0.39 is 0 Å². The number of anilines is 1. The van der Waals surface area contributed by atoms with Gasteiger partial charge in [0.25, 0.3) is 0 Å². The molecule has 0 spiro atoms. The first-order valence-electron chi connectivity index (χ1n) is 4.66. The molecule has 0 aliphatic carbocycles. The van der Waals surface area contributed by atoms with Crippen LogP contribution in [0.4, 0.5) is 5.69 Å². The largest absolute Gasteiger partial charge is 0.359 e. The Labute approximate surface area is 107 Å². The average molecular weight is 290 g/mol. The van der Waals surface area contributed by atoms with E-state index in [1.807, 2.05) is 0 Å². The SMILES string of the molecule is CC(=O)c1cc(Br)ccc1NC=C(C#N)C#N. The van der Waals surface area contributed by atoms with E-state index in [1.54, 1.807) is 30.3 Å². The van der Waals surface area contributed by atoms with Crippen LogP contribution in [0, 0.1) is 22.7 Å². The zero-order valence-electron chi connectivity index (χ0n) is 8.99. The summed E-state index contributed by atoms with van der Waals surface area (Å²) >= 11 is 3.27. The van der Waals surface area contributed by atoms with Crippen LogP contribution in [-0.2, 0) is 0 Å². The van der Waals surface area contributed by atoms with E-state index in [-0.39, 0.29) is 11.4 Å². The molecule has 0 fully saturated rings. The highest BCUT2D eigenvalue weighted by Gasteiger charge is 2.07. The summed E-state index contributed by atoms with van der Waals surface area (Å²) in [5, 5.41) is 19.9. The van der Waals surface area contributed by atoms with Crippen molar-refractivity contribution in [3.05, 3.63) is 40.0 Å². The molecule has 17 heavy (non-hydrogen) atoms. The molecule has 1 N–H and O–H groups in total. The second-order valence-electron chi connectivity index (χ2n) is 3.17. The number of nitrogens with zero attached hydrogens (tertiary/aromatic N) is 2. The Morgan fingerprint density at radius 3 is 2.59 bits per heavy atom. The molecule has 84 valence electrons. The van der Waals surface area contributed by atoms with Gasteiger partial charge >= 0.3 is 0 Å². The lowest BCUT2D eigenvalue weighted by atomic mass is 10.1. The van der Waals surface area contributed by atoms with Gasteiger partial charge in [-0.15, -0.1) is 0 Å². The fourth-order valence-corrected chi connectivity index (χ4v) is 1.53. The number of nitrogens with one attached hydrogen (secondary N) is 1. The van der Waals surface area contributed by atoms with Gasteiger partial charge in [0, 0.05) is 21.9 Å². The van der Waals surface area contributed by atoms with E-state index >= 15 is 0 Å². The van der Waals surface area contributed by atoms with Crippen molar-refractivity contribution in [1.29, 1.82) is 10.5 Å². The molecule has 4 nitrogen and oxygen atoms in total. The van der Waals surface area contributed by atoms with Gasteiger partial charge in [0.2, 0.25) is 0 Å². The van der Waals surface area contributed by atoms with E-state index in [4.69, 9.17) is 10.5 Å². The van der Waals surface area contributed by atoms with Crippen molar-refractivity contribution in [2.45, 2.75) is 6.92 Å². The number of carbonyl (C=O) groups excluding carboxylic acids is 1. The minimum absolute atomic E-state index is 0.0533. The van der Waals surface area contributed by atoms with Gasteiger partial charge in [0.1, 0.15) is 17.7 Å². The molecule has 0 aliphatic heterocycles. The molecule has 0 radical (unpaired) electrons. The third-order valence-electron chi connectivity index (χ3n) is 1.97. The van der Waals surface area contributed by atoms with Gasteiger partial charge in [-0.1, -0.05) is 15.9 Å². The topological polar surface area (TPSA) is 76.7 Å². The van der Waals surface area contributed by atoms with Crippen LogP contribution in [-0.4, -0.2) is 5.78 Å². The molecule has 0 saturated heterocycles. The van der Waals surface area contributed by atoms with Crippen LogP contribution < -0.4 is 5.32 Å². The van der Waals surface area contributed by atoms with Crippen molar-refractivity contribution >= 4 is 27.4 Å². The summed E-state index contributed by atoms with van der Waals surface area (Å²) in [7, 11) is 0. The highest BCUT2D eigenvalue weighted by molar-refractivity contribution is 9.10. The summed E-state index contributed by atoms with van der Waals surface area (Å²) in [6, 6.07) is 8.59. The number of halogens is 1. The summed E-state index contributed by atoms with van der Waals surface area (Å²) in [6.45, 7) is 1.45. The minimum atomic E-state index is -0.0994. The summed E-state index contributed by atoms with van der Waals surface area (Å²) < 4.78 is 0.790. The Hall–Kier alpha value is -2.11. The van der Waals surface area contributed by atoms with E-state index in [0.29, 0.717) is 11.3 Å². The maximum Gasteiger partial charge on any atom is 0.161 e. The van der Waals surface area contributed by atoms with Crippen LogP contribution in [0.2, 0.25) is 0 Å². The van der Waals surface area contributed by atoms with Crippen molar-refractivity contribution in [2.24, 2.45) is 0 Å². The number of Topliss-reactive ketones (excluding diaryl/α,β-unsaturated/α-hetero) is 1. The second-order valence-corrected chi connectivity index (χ2v) is 4.09. The normalized spacial score (nSPS) is 8.71. The number of carbonyl (C=O) groups is 1. The Bertz CT molecular complexity index is 548. The lowest BCUT2D eigenvalue weighted by Crippen LogP contribution is -2.00. The average Bonchev–Trinajstić information content (AvgIpc) is 2.31. The maximum atomic E-state index is 11.4. The lowest BCUT2D eigenvalue weighted by Gasteiger charge is -2.06. The number of hydrogen-bond donors (Lipinski definition) is 1. The van der Waals surface area contributed by atoms with E-state index in [9.17, 15) is 4.79 Å². The van der Waals surface area contributed by atoms with E-state index in [1.165, 1.54) is 13.1 Å². The molecule has 0 amide bonds. The van der Waals surface area contributed by atoms with E-state index in [0.717, 1.165) is 4.47 Å². The molecule has 0 aromatic heterocycles. The van der Waals surface area contributed by atoms with Crippen LogP contribution >= 0.6 is 15.9 Å². The fourth-order valence-electron chi connectivity index (χ4n) is 1.17. The van der Waals surface area contributed by atoms with Crippen LogP contribution in [0.3, 0.4) is 0 Å². The van der Waals surface area contributed by atoms with Gasteiger partial charge < -0.3 is 5.32 Å². The molecule has 0 bridgehead atoms. The first-order valence-corrected chi connectivity index (χ1v) is 5.45. The Balaban J connectivity index is 3.09. The number of ketones is 1. The molecule has 0 aliphatic rings. The third kappa shape index (κ3) is 3.44. The molecule has 0 heterocycles. The molecular formula is C12H8BrN3O. The number of hydrogen-bond acceptors (Lipinski definition) is 4. The van der Waals surface area contributed by atoms with E-state index in [2.05, 4.69) is 21.2 Å². The molecule has 1 rings (SSSR count). The van der Waals surface area contributed by atoms with Gasteiger partial charge in [-0.3, -0.25) is 4.79 Å². The Morgan fingerprint density at radius 2 is 2.06 bits per heavy atom. The molecule has 1 aromatic rings. The monoisotopic (exact) mass is 289 g/mol. The quantitative estimate of drug-likeness (QED) is 0.685. The predicted molar refractivity (Wildman–Crippen MR) is 67.1 cm³/mol. The van der Waals surface area contributed by atoms with Gasteiger partial charge in [0.15, 0.2) is 5.78 Å². The van der Waals surface area contributed by atoms with Crippen molar-refractivity contribution in [1.82, 2.24) is 0 Å². The predicted octanol–water partition coefficient (Wildman–Crippen LogP) is 2.99. The Morgan fingerprint density at radius 1 is 1.41 bits per heavy atom. The first-order chi connectivity index (χ1) is 8.08. The summed E-state index contributed by atoms with van der Waals surface area (Å²) in [5.74, 6) is -0.0994. The smallest absolute Gasteiger partial charge is 0.161 e. The number of rotatable bonds is 3. The molecule has 0 atom stereocenters.